The standard InChI is InChI=1S/C8H4BrIS2/c9-5-3-6(11)7(10)8-4(5)1-2-12-8/h1-3,11H. The molecule has 0 nitrogen and oxygen atoms in total. The fourth-order valence-electron chi connectivity index (χ4n) is 1.04. The van der Waals surface area contributed by atoms with Crippen molar-refractivity contribution >= 4 is 72.6 Å². The minimum atomic E-state index is 1.04. The molecule has 0 saturated heterocycles. The molecule has 0 fully saturated rings. The summed E-state index contributed by atoms with van der Waals surface area (Å²) in [5.41, 5.74) is 0. The van der Waals surface area contributed by atoms with Crippen LogP contribution in [0.4, 0.5) is 0 Å². The van der Waals surface area contributed by atoms with Crippen molar-refractivity contribution in [3.05, 3.63) is 25.6 Å². The molecular weight excluding hydrogens is 367 g/mol. The summed E-state index contributed by atoms with van der Waals surface area (Å²) in [6.07, 6.45) is 0. The maximum Gasteiger partial charge on any atom is 0.0498 e. The molecule has 12 heavy (non-hydrogen) atoms. The largest absolute Gasteiger partial charge is 0.143 e. The second-order valence-corrected chi connectivity index (χ2v) is 5.69. The predicted octanol–water partition coefficient (Wildman–Crippen LogP) is 4.56. The van der Waals surface area contributed by atoms with E-state index in [4.69, 9.17) is 0 Å². The summed E-state index contributed by atoms with van der Waals surface area (Å²) in [6, 6.07) is 4.17. The lowest BCUT2D eigenvalue weighted by atomic mass is 10.3. The Bertz CT molecular complexity index is 436. The molecule has 0 aliphatic carbocycles. The molecule has 0 N–H and O–H groups in total. The summed E-state index contributed by atoms with van der Waals surface area (Å²) in [7, 11) is 0. The first-order valence-corrected chi connectivity index (χ1v) is 6.44. The molecular formula is C8H4BrIS2. The SMILES string of the molecule is Sc1cc(Br)c2ccsc2c1I. The molecule has 2 rings (SSSR count). The summed E-state index contributed by atoms with van der Waals surface area (Å²) < 4.78 is 3.68. The molecule has 0 amide bonds. The third-order valence-electron chi connectivity index (χ3n) is 1.61. The second-order valence-electron chi connectivity index (χ2n) is 2.35. The van der Waals surface area contributed by atoms with Crippen molar-refractivity contribution in [1.29, 1.82) is 0 Å². The number of benzene rings is 1. The monoisotopic (exact) mass is 370 g/mol. The van der Waals surface area contributed by atoms with Gasteiger partial charge in [0, 0.05) is 23.0 Å². The molecule has 1 aromatic heterocycles. The Balaban J connectivity index is 2.97. The van der Waals surface area contributed by atoms with Crippen LogP contribution in [0.5, 0.6) is 0 Å². The van der Waals surface area contributed by atoms with Crippen LogP contribution in [-0.4, -0.2) is 0 Å². The normalized spacial score (nSPS) is 10.9. The van der Waals surface area contributed by atoms with Gasteiger partial charge >= 0.3 is 0 Å². The first-order chi connectivity index (χ1) is 5.70. The van der Waals surface area contributed by atoms with Crippen LogP contribution < -0.4 is 0 Å². The number of halogens is 2. The molecule has 1 aromatic carbocycles. The zero-order chi connectivity index (χ0) is 8.72. The van der Waals surface area contributed by atoms with Gasteiger partial charge in [0.1, 0.15) is 0 Å². The number of fused-ring (bicyclic) bond motifs is 1. The Kier molecular flexibility index (Phi) is 2.69. The Labute approximate surface area is 102 Å². The van der Waals surface area contributed by atoms with Gasteiger partial charge in [-0.3, -0.25) is 0 Å². The van der Waals surface area contributed by atoms with Crippen LogP contribution in [-0.2, 0) is 0 Å². The minimum Gasteiger partial charge on any atom is -0.143 e. The van der Waals surface area contributed by atoms with E-state index in [0.29, 0.717) is 0 Å². The molecule has 0 saturated carbocycles. The van der Waals surface area contributed by atoms with Gasteiger partial charge in [-0.2, -0.15) is 0 Å². The Hall–Kier alpha value is 0.740. The number of hydrogen-bond donors (Lipinski definition) is 1. The van der Waals surface area contributed by atoms with E-state index in [9.17, 15) is 0 Å². The lowest BCUT2D eigenvalue weighted by Crippen LogP contribution is -1.76. The van der Waals surface area contributed by atoms with E-state index in [1.54, 1.807) is 11.3 Å². The Morgan fingerprint density at radius 3 is 3.00 bits per heavy atom. The number of thiophene rings is 1. The average Bonchev–Trinajstić information content (AvgIpc) is 2.48. The van der Waals surface area contributed by atoms with Gasteiger partial charge in [-0.25, -0.2) is 0 Å². The van der Waals surface area contributed by atoms with Crippen LogP contribution in [0.3, 0.4) is 0 Å². The van der Waals surface area contributed by atoms with E-state index in [-0.39, 0.29) is 0 Å². The van der Waals surface area contributed by atoms with Gasteiger partial charge in [0.25, 0.3) is 0 Å². The maximum atomic E-state index is 4.39. The molecule has 0 radical (unpaired) electrons. The van der Waals surface area contributed by atoms with Gasteiger partial charge < -0.3 is 0 Å². The first kappa shape index (κ1) is 9.30. The van der Waals surface area contributed by atoms with Gasteiger partial charge in [-0.15, -0.1) is 24.0 Å². The third-order valence-corrected chi connectivity index (χ3v) is 5.46. The van der Waals surface area contributed by atoms with E-state index in [1.807, 2.05) is 6.07 Å². The van der Waals surface area contributed by atoms with Crippen molar-refractivity contribution in [2.24, 2.45) is 0 Å². The summed E-state index contributed by atoms with van der Waals surface area (Å²) >= 11 is 12.0. The van der Waals surface area contributed by atoms with E-state index in [1.165, 1.54) is 13.7 Å². The van der Waals surface area contributed by atoms with Crippen molar-refractivity contribution in [1.82, 2.24) is 0 Å². The quantitative estimate of drug-likeness (QED) is 0.510. The van der Waals surface area contributed by atoms with Gasteiger partial charge in [-0.05, 0) is 40.1 Å². The average molecular weight is 371 g/mol. The number of rotatable bonds is 0. The van der Waals surface area contributed by atoms with Gasteiger partial charge in [0.15, 0.2) is 0 Å². The van der Waals surface area contributed by atoms with Crippen LogP contribution >= 0.6 is 62.5 Å². The molecule has 0 unspecified atom stereocenters. The molecule has 0 bridgehead atoms. The minimum absolute atomic E-state index is 1.04. The Morgan fingerprint density at radius 2 is 2.25 bits per heavy atom. The number of hydrogen-bond acceptors (Lipinski definition) is 2. The van der Waals surface area contributed by atoms with E-state index < -0.39 is 0 Å². The zero-order valence-electron chi connectivity index (χ0n) is 5.84. The summed E-state index contributed by atoms with van der Waals surface area (Å²) in [6.45, 7) is 0. The summed E-state index contributed by atoms with van der Waals surface area (Å²) in [5, 5.41) is 3.38. The van der Waals surface area contributed by atoms with E-state index in [0.717, 1.165) is 9.37 Å². The highest BCUT2D eigenvalue weighted by Crippen LogP contribution is 2.35. The Morgan fingerprint density at radius 1 is 1.50 bits per heavy atom. The molecule has 0 atom stereocenters. The van der Waals surface area contributed by atoms with Crippen LogP contribution in [0.15, 0.2) is 26.9 Å². The van der Waals surface area contributed by atoms with Crippen LogP contribution in [0.2, 0.25) is 0 Å². The lowest BCUT2D eigenvalue weighted by Gasteiger charge is -2.00. The van der Waals surface area contributed by atoms with Gasteiger partial charge in [0.2, 0.25) is 0 Å². The van der Waals surface area contributed by atoms with Crippen LogP contribution in [0, 0.1) is 3.57 Å². The van der Waals surface area contributed by atoms with Crippen LogP contribution in [0.1, 0.15) is 0 Å². The number of thiol groups is 1. The highest BCUT2D eigenvalue weighted by molar-refractivity contribution is 14.1. The summed E-state index contributed by atoms with van der Waals surface area (Å²) in [5.74, 6) is 0. The second kappa shape index (κ2) is 3.48. The van der Waals surface area contributed by atoms with Crippen molar-refractivity contribution in [2.75, 3.05) is 0 Å². The van der Waals surface area contributed by atoms with Crippen molar-refractivity contribution in [2.45, 2.75) is 4.90 Å². The van der Waals surface area contributed by atoms with Gasteiger partial charge in [-0.1, -0.05) is 15.9 Å². The molecule has 62 valence electrons. The maximum absolute atomic E-state index is 4.39. The fraction of sp³-hybridized carbons (Fsp3) is 0. The first-order valence-electron chi connectivity index (χ1n) is 3.24. The highest BCUT2D eigenvalue weighted by atomic mass is 127. The molecule has 0 aliphatic rings. The lowest BCUT2D eigenvalue weighted by molar-refractivity contribution is 1.46. The summed E-state index contributed by atoms with van der Waals surface area (Å²) in [4.78, 5) is 1.04. The third kappa shape index (κ3) is 1.42. The van der Waals surface area contributed by atoms with Gasteiger partial charge in [0.05, 0.1) is 0 Å². The molecule has 0 aliphatic heterocycles. The molecule has 4 heteroatoms. The van der Waals surface area contributed by atoms with E-state index >= 15 is 0 Å². The van der Waals surface area contributed by atoms with Crippen molar-refractivity contribution < 1.29 is 0 Å². The van der Waals surface area contributed by atoms with Crippen LogP contribution in [0.25, 0.3) is 10.1 Å². The molecule has 2 aromatic rings. The zero-order valence-corrected chi connectivity index (χ0v) is 11.3. The fourth-order valence-corrected chi connectivity index (χ4v) is 3.92. The van der Waals surface area contributed by atoms with Crippen molar-refractivity contribution in [3.8, 4) is 0 Å². The smallest absolute Gasteiger partial charge is 0.0498 e. The predicted molar refractivity (Wildman–Crippen MR) is 69.5 cm³/mol. The molecule has 1 heterocycles. The topological polar surface area (TPSA) is 0 Å². The van der Waals surface area contributed by atoms with Crippen molar-refractivity contribution in [3.63, 3.8) is 0 Å². The highest BCUT2D eigenvalue weighted by Gasteiger charge is 2.06. The molecule has 0 spiro atoms. The van der Waals surface area contributed by atoms with E-state index in [2.05, 4.69) is 62.6 Å².